The van der Waals surface area contributed by atoms with E-state index in [4.69, 9.17) is 0 Å². The molecule has 0 heterocycles. The summed E-state index contributed by atoms with van der Waals surface area (Å²) in [5.41, 5.74) is 8.27. The van der Waals surface area contributed by atoms with Gasteiger partial charge >= 0.3 is 0 Å². The van der Waals surface area contributed by atoms with Gasteiger partial charge in [-0.1, -0.05) is 155 Å². The van der Waals surface area contributed by atoms with E-state index in [9.17, 15) is 0 Å². The van der Waals surface area contributed by atoms with E-state index in [1.807, 2.05) is 0 Å². The number of rotatable bonds is 5. The molecule has 0 aliphatic heterocycles. The van der Waals surface area contributed by atoms with E-state index in [-0.39, 0.29) is 0 Å². The zero-order valence-corrected chi connectivity index (χ0v) is 28.7. The van der Waals surface area contributed by atoms with Gasteiger partial charge < -0.3 is 4.90 Å². The van der Waals surface area contributed by atoms with E-state index >= 15 is 0 Å². The third-order valence-electron chi connectivity index (χ3n) is 10.2. The molecule has 0 amide bonds. The molecule has 0 aromatic heterocycles. The lowest BCUT2D eigenvalue weighted by Crippen LogP contribution is -2.09. The lowest BCUT2D eigenvalue weighted by atomic mass is 9.89. The number of hydrogen-bond donors (Lipinski definition) is 0. The van der Waals surface area contributed by atoms with Crippen molar-refractivity contribution in [2.45, 2.75) is 0 Å². The van der Waals surface area contributed by atoms with Crippen LogP contribution in [0.5, 0.6) is 0 Å². The summed E-state index contributed by atoms with van der Waals surface area (Å²) in [6.45, 7) is 0. The minimum absolute atomic E-state index is 1.12. The van der Waals surface area contributed by atoms with Crippen molar-refractivity contribution in [1.29, 1.82) is 0 Å². The molecule has 0 aliphatic rings. The molecule has 0 bridgehead atoms. The average molecular weight is 701 g/mol. The highest BCUT2D eigenvalue weighted by atomic mass is 79.9. The molecule has 0 saturated carbocycles. The second-order valence-electron chi connectivity index (χ2n) is 13.1. The molecule has 0 atom stereocenters. The van der Waals surface area contributed by atoms with Gasteiger partial charge in [0.1, 0.15) is 0 Å². The van der Waals surface area contributed by atoms with Crippen molar-refractivity contribution < 1.29 is 0 Å². The highest BCUT2D eigenvalue weighted by Gasteiger charge is 2.16. The number of anilines is 3. The van der Waals surface area contributed by atoms with Crippen LogP contribution in [0.25, 0.3) is 76.1 Å². The maximum absolute atomic E-state index is 3.79. The Balaban J connectivity index is 1.02. The predicted molar refractivity (Wildman–Crippen MR) is 218 cm³/mol. The summed E-state index contributed by atoms with van der Waals surface area (Å²) in [6, 6.07) is 66.5. The van der Waals surface area contributed by atoms with Crippen LogP contribution >= 0.6 is 15.9 Å². The highest BCUT2D eigenvalue weighted by molar-refractivity contribution is 9.10. The quantitative estimate of drug-likeness (QED) is 0.162. The van der Waals surface area contributed by atoms with Crippen molar-refractivity contribution in [1.82, 2.24) is 0 Å². The van der Waals surface area contributed by atoms with Gasteiger partial charge in [0, 0.05) is 21.5 Å². The van der Waals surface area contributed by atoms with Crippen LogP contribution in [0.1, 0.15) is 0 Å². The third kappa shape index (κ3) is 4.75. The molecule has 10 aromatic rings. The molecular weight excluding hydrogens is 670 g/mol. The van der Waals surface area contributed by atoms with E-state index < -0.39 is 0 Å². The Morgan fingerprint density at radius 2 is 0.760 bits per heavy atom. The number of halogens is 1. The smallest absolute Gasteiger partial charge is 0.0468 e. The minimum atomic E-state index is 1.12. The fourth-order valence-corrected chi connectivity index (χ4v) is 8.20. The number of nitrogens with zero attached hydrogens (tertiary/aromatic N) is 1. The summed E-state index contributed by atoms with van der Waals surface area (Å²) < 4.78 is 1.14. The largest absolute Gasteiger partial charge is 0.310 e. The molecule has 10 rings (SSSR count). The maximum atomic E-state index is 3.79. The molecule has 0 N–H and O–H groups in total. The maximum Gasteiger partial charge on any atom is 0.0468 e. The summed E-state index contributed by atoms with van der Waals surface area (Å²) in [4.78, 5) is 2.36. The molecule has 0 spiro atoms. The van der Waals surface area contributed by atoms with Crippen molar-refractivity contribution in [2.24, 2.45) is 0 Å². The van der Waals surface area contributed by atoms with Crippen LogP contribution < -0.4 is 4.90 Å². The second-order valence-corrected chi connectivity index (χ2v) is 14.0. The summed E-state index contributed by atoms with van der Waals surface area (Å²) in [5.74, 6) is 0. The van der Waals surface area contributed by atoms with Crippen LogP contribution in [0.3, 0.4) is 0 Å². The third-order valence-corrected chi connectivity index (χ3v) is 10.9. The molecule has 2 heteroatoms. The molecular formula is C48H30BrN. The molecule has 0 unspecified atom stereocenters. The van der Waals surface area contributed by atoms with Gasteiger partial charge in [0.05, 0.1) is 0 Å². The van der Waals surface area contributed by atoms with E-state index in [0.29, 0.717) is 0 Å². The minimum Gasteiger partial charge on any atom is -0.310 e. The van der Waals surface area contributed by atoms with Crippen LogP contribution in [-0.4, -0.2) is 0 Å². The molecule has 0 saturated heterocycles. The first-order chi connectivity index (χ1) is 24.7. The van der Waals surface area contributed by atoms with Crippen LogP contribution in [0.2, 0.25) is 0 Å². The molecule has 234 valence electrons. The normalized spacial score (nSPS) is 11.7. The molecule has 50 heavy (non-hydrogen) atoms. The lowest BCUT2D eigenvalue weighted by molar-refractivity contribution is 1.29. The summed E-state index contributed by atoms with van der Waals surface area (Å²) >= 11 is 3.79. The molecule has 0 radical (unpaired) electrons. The predicted octanol–water partition coefficient (Wildman–Crippen LogP) is 14.5. The second kappa shape index (κ2) is 11.6. The Morgan fingerprint density at radius 1 is 0.320 bits per heavy atom. The molecule has 0 aliphatic carbocycles. The summed E-state index contributed by atoms with van der Waals surface area (Å²) in [5, 5.41) is 12.7. The Bertz CT molecular complexity index is 2790. The van der Waals surface area contributed by atoms with Crippen molar-refractivity contribution in [3.05, 3.63) is 186 Å². The zero-order chi connectivity index (χ0) is 33.2. The van der Waals surface area contributed by atoms with Gasteiger partial charge in [-0.2, -0.15) is 0 Å². The van der Waals surface area contributed by atoms with Gasteiger partial charge in [0.15, 0.2) is 0 Å². The zero-order valence-electron chi connectivity index (χ0n) is 27.1. The van der Waals surface area contributed by atoms with E-state index in [0.717, 1.165) is 21.5 Å². The van der Waals surface area contributed by atoms with E-state index in [1.54, 1.807) is 0 Å². The van der Waals surface area contributed by atoms with Crippen LogP contribution in [-0.2, 0) is 0 Å². The Labute approximate surface area is 299 Å². The lowest BCUT2D eigenvalue weighted by Gasteiger charge is -2.26. The summed E-state index contributed by atoms with van der Waals surface area (Å²) in [6.07, 6.45) is 0. The van der Waals surface area contributed by atoms with Crippen LogP contribution in [0.15, 0.2) is 186 Å². The van der Waals surface area contributed by atoms with Gasteiger partial charge in [-0.15, -0.1) is 0 Å². The van der Waals surface area contributed by atoms with Crippen LogP contribution in [0, 0.1) is 0 Å². The average Bonchev–Trinajstić information content (AvgIpc) is 3.18. The number of benzene rings is 10. The topological polar surface area (TPSA) is 3.24 Å². The number of hydrogen-bond acceptors (Lipinski definition) is 1. The van der Waals surface area contributed by atoms with Crippen molar-refractivity contribution >= 4 is 86.9 Å². The fourth-order valence-electron chi connectivity index (χ4n) is 7.74. The molecule has 0 fully saturated rings. The van der Waals surface area contributed by atoms with Crippen LogP contribution in [0.4, 0.5) is 17.1 Å². The number of fused-ring (bicyclic) bond motifs is 2. The highest BCUT2D eigenvalue weighted by Crippen LogP contribution is 2.42. The van der Waals surface area contributed by atoms with Gasteiger partial charge in [0.25, 0.3) is 0 Å². The molecule has 10 aromatic carbocycles. The molecule has 1 nitrogen and oxygen atoms in total. The SMILES string of the molecule is Brc1ccc2ccc3c(-c4ccc(-c5ccc(N(c6ccc7ccccc7c6)c6ccc7ccccc7c6)cc5)cc4)ccc4ccc1c2c43. The van der Waals surface area contributed by atoms with Crippen molar-refractivity contribution in [3.63, 3.8) is 0 Å². The van der Waals surface area contributed by atoms with Gasteiger partial charge in [0.2, 0.25) is 0 Å². The standard InChI is InChI=1S/C48H30BrN/c49-46-28-20-37-18-26-44-43(25-17-36-19-27-45(46)48(37)47(36)44)35-11-9-33(10-12-35)34-13-21-40(22-14-34)50(41-23-15-31-5-1-3-7-38(31)29-41)42-24-16-32-6-2-4-8-39(32)30-42/h1-30H. The first kappa shape index (κ1) is 29.0. The Morgan fingerprint density at radius 3 is 1.38 bits per heavy atom. The van der Waals surface area contributed by atoms with Gasteiger partial charge in [-0.3, -0.25) is 0 Å². The van der Waals surface area contributed by atoms with Gasteiger partial charge in [-0.25, -0.2) is 0 Å². The first-order valence-electron chi connectivity index (χ1n) is 17.0. The monoisotopic (exact) mass is 699 g/mol. The van der Waals surface area contributed by atoms with Crippen molar-refractivity contribution in [3.8, 4) is 22.3 Å². The summed E-state index contributed by atoms with van der Waals surface area (Å²) in [7, 11) is 0. The van der Waals surface area contributed by atoms with Gasteiger partial charge in [-0.05, 0) is 119 Å². The first-order valence-corrected chi connectivity index (χ1v) is 17.8. The Kier molecular flexibility index (Phi) is 6.72. The Hall–Kier alpha value is -5.96. The van der Waals surface area contributed by atoms with E-state index in [1.165, 1.54) is 76.1 Å². The van der Waals surface area contributed by atoms with E-state index in [2.05, 4.69) is 203 Å². The van der Waals surface area contributed by atoms with Crippen molar-refractivity contribution in [2.75, 3.05) is 4.90 Å². The fraction of sp³-hybridized carbons (Fsp3) is 0.